The molecule has 0 saturated carbocycles. The van der Waals surface area contributed by atoms with E-state index in [1.54, 1.807) is 24.3 Å². The first-order valence-electron chi connectivity index (χ1n) is 15.4. The fourth-order valence-electron chi connectivity index (χ4n) is 8.51. The molecule has 2 aromatic rings. The summed E-state index contributed by atoms with van der Waals surface area (Å²) in [5.74, 6) is -1.11. The molecule has 0 atom stereocenters. The van der Waals surface area contributed by atoms with Gasteiger partial charge in [-0.15, -0.1) is 0 Å². The van der Waals surface area contributed by atoms with E-state index in [2.05, 4.69) is 72.1 Å². The number of ether oxygens (including phenoxy) is 2. The Balaban J connectivity index is 2.00. The van der Waals surface area contributed by atoms with Crippen LogP contribution in [0.4, 0.5) is 11.4 Å². The lowest BCUT2D eigenvalue weighted by Crippen LogP contribution is -2.64. The lowest BCUT2D eigenvalue weighted by molar-refractivity contribution is -0.137. The van der Waals surface area contributed by atoms with Crippen molar-refractivity contribution in [2.75, 3.05) is 9.80 Å². The highest BCUT2D eigenvalue weighted by Crippen LogP contribution is 2.51. The van der Waals surface area contributed by atoms with Crippen LogP contribution in [0.5, 0.6) is 0 Å². The van der Waals surface area contributed by atoms with Gasteiger partial charge in [-0.25, -0.2) is 0 Å². The van der Waals surface area contributed by atoms with Crippen LogP contribution in [-0.4, -0.2) is 58.9 Å². The Kier molecular flexibility index (Phi) is 8.82. The molecule has 0 amide bonds. The SMILES string of the molecule is Cc1c(C(=O)C(=O)c2ccccc2)cc(N2C(C)(C)CC(OC=O)CC2(C)C)c(C)c1N1C(C)(C)CC(OC=O)CC1(C)C. The molecule has 4 rings (SSSR count). The largest absolute Gasteiger partial charge is 0.464 e. The van der Waals surface area contributed by atoms with Crippen molar-refractivity contribution in [3.8, 4) is 0 Å². The first-order valence-corrected chi connectivity index (χ1v) is 15.4. The number of Topliss-reactive ketones (excluding diaryl/α,β-unsaturated/α-hetero) is 2. The van der Waals surface area contributed by atoms with Gasteiger partial charge in [-0.1, -0.05) is 30.3 Å². The zero-order valence-electron chi connectivity index (χ0n) is 27.9. The second-order valence-electron chi connectivity index (χ2n) is 15.0. The normalized spacial score (nSPS) is 21.0. The molecule has 0 aliphatic carbocycles. The highest BCUT2D eigenvalue weighted by atomic mass is 16.5. The van der Waals surface area contributed by atoms with Crippen LogP contribution in [0.3, 0.4) is 0 Å². The van der Waals surface area contributed by atoms with Gasteiger partial charge in [0.1, 0.15) is 12.2 Å². The number of piperidine rings is 2. The quantitative estimate of drug-likeness (QED) is 0.176. The molecule has 8 heteroatoms. The Morgan fingerprint density at radius 1 is 0.682 bits per heavy atom. The van der Waals surface area contributed by atoms with Crippen molar-refractivity contribution in [1.29, 1.82) is 0 Å². The molecule has 238 valence electrons. The van der Waals surface area contributed by atoms with Gasteiger partial charge in [0.2, 0.25) is 11.6 Å². The van der Waals surface area contributed by atoms with Crippen LogP contribution in [0.25, 0.3) is 0 Å². The zero-order valence-corrected chi connectivity index (χ0v) is 27.9. The van der Waals surface area contributed by atoms with Crippen LogP contribution in [0.1, 0.15) is 113 Å². The van der Waals surface area contributed by atoms with Crippen LogP contribution in [-0.2, 0) is 19.1 Å². The summed E-state index contributed by atoms with van der Waals surface area (Å²) in [6.45, 7) is 22.1. The second kappa shape index (κ2) is 11.7. The molecule has 0 N–H and O–H groups in total. The third kappa shape index (κ3) is 6.00. The smallest absolute Gasteiger partial charge is 0.293 e. The fourth-order valence-corrected chi connectivity index (χ4v) is 8.51. The van der Waals surface area contributed by atoms with Crippen molar-refractivity contribution >= 4 is 35.9 Å². The standard InChI is InChI=1S/C36H48N2O6/c1-23-28(32(42)31(41)25-14-12-11-13-15-25)16-29(37-33(3,4)17-26(43-21-39)18-34(37,5)6)24(2)30(23)38-35(7,8)19-27(44-22-40)20-36(38,9)10/h11-16,21-22,26-27H,17-20H2,1-10H3. The van der Waals surface area contributed by atoms with E-state index in [4.69, 9.17) is 9.47 Å². The average molecular weight is 605 g/mol. The average Bonchev–Trinajstić information content (AvgIpc) is 2.89. The van der Waals surface area contributed by atoms with E-state index in [1.165, 1.54) is 0 Å². The summed E-state index contributed by atoms with van der Waals surface area (Å²) < 4.78 is 11.0. The third-order valence-corrected chi connectivity index (χ3v) is 9.56. The van der Waals surface area contributed by atoms with Crippen LogP contribution in [0, 0.1) is 13.8 Å². The molecule has 2 saturated heterocycles. The van der Waals surface area contributed by atoms with Gasteiger partial charge in [0.25, 0.3) is 12.9 Å². The van der Waals surface area contributed by atoms with Crippen LogP contribution in [0.2, 0.25) is 0 Å². The molecule has 0 radical (unpaired) electrons. The number of hydrogen-bond donors (Lipinski definition) is 0. The van der Waals surface area contributed by atoms with Gasteiger partial charge in [0, 0.05) is 70.3 Å². The summed E-state index contributed by atoms with van der Waals surface area (Å²) in [6, 6.07) is 10.6. The Bertz CT molecular complexity index is 1410. The van der Waals surface area contributed by atoms with Gasteiger partial charge >= 0.3 is 0 Å². The maximum absolute atomic E-state index is 14.2. The monoisotopic (exact) mass is 604 g/mol. The summed E-state index contributed by atoms with van der Waals surface area (Å²) in [5, 5.41) is 0. The summed E-state index contributed by atoms with van der Waals surface area (Å²) in [5.41, 5.74) is 2.41. The summed E-state index contributed by atoms with van der Waals surface area (Å²) in [4.78, 5) is 55.1. The number of rotatable bonds is 9. The molecule has 44 heavy (non-hydrogen) atoms. The number of ketones is 2. The molecule has 0 spiro atoms. The minimum absolute atomic E-state index is 0.241. The summed E-state index contributed by atoms with van der Waals surface area (Å²) >= 11 is 0. The predicted octanol–water partition coefficient (Wildman–Crippen LogP) is 6.77. The van der Waals surface area contributed by atoms with Gasteiger partial charge in [-0.3, -0.25) is 19.2 Å². The van der Waals surface area contributed by atoms with E-state index < -0.39 is 33.7 Å². The predicted molar refractivity (Wildman–Crippen MR) is 173 cm³/mol. The third-order valence-electron chi connectivity index (χ3n) is 9.56. The lowest BCUT2D eigenvalue weighted by Gasteiger charge is -2.59. The van der Waals surface area contributed by atoms with E-state index in [1.807, 2.05) is 19.1 Å². The summed E-state index contributed by atoms with van der Waals surface area (Å²) in [6.07, 6.45) is 1.94. The fraction of sp³-hybridized carbons (Fsp3) is 0.556. The maximum Gasteiger partial charge on any atom is 0.293 e. The van der Waals surface area contributed by atoms with E-state index in [0.29, 0.717) is 49.8 Å². The van der Waals surface area contributed by atoms with E-state index in [0.717, 1.165) is 22.5 Å². The molecule has 0 aromatic heterocycles. The Morgan fingerprint density at radius 3 is 1.55 bits per heavy atom. The lowest BCUT2D eigenvalue weighted by atomic mass is 9.75. The van der Waals surface area contributed by atoms with E-state index >= 15 is 0 Å². The minimum Gasteiger partial charge on any atom is -0.464 e. The van der Waals surface area contributed by atoms with Crippen LogP contribution < -0.4 is 9.80 Å². The van der Waals surface area contributed by atoms with Gasteiger partial charge in [-0.2, -0.15) is 0 Å². The molecule has 2 aromatic carbocycles. The van der Waals surface area contributed by atoms with Gasteiger partial charge in [-0.05, 0) is 86.4 Å². The number of benzene rings is 2. The maximum atomic E-state index is 14.2. The van der Waals surface area contributed by atoms with Crippen molar-refractivity contribution in [2.45, 2.75) is 129 Å². The van der Waals surface area contributed by atoms with Crippen LogP contribution in [0.15, 0.2) is 36.4 Å². The number of carbonyl (C=O) groups is 4. The molecule has 2 aliphatic rings. The van der Waals surface area contributed by atoms with Crippen molar-refractivity contribution in [3.63, 3.8) is 0 Å². The number of carbonyl (C=O) groups excluding carboxylic acids is 4. The highest BCUT2D eigenvalue weighted by Gasteiger charge is 2.50. The van der Waals surface area contributed by atoms with Crippen molar-refractivity contribution in [3.05, 3.63) is 58.7 Å². The van der Waals surface area contributed by atoms with Gasteiger partial charge in [0.15, 0.2) is 0 Å². The first kappa shape index (κ1) is 33.2. The molecule has 0 bridgehead atoms. The first-order chi connectivity index (χ1) is 20.4. The zero-order chi connectivity index (χ0) is 32.8. The topological polar surface area (TPSA) is 93.2 Å². The molecule has 2 aliphatic heterocycles. The van der Waals surface area contributed by atoms with E-state index in [-0.39, 0.29) is 12.2 Å². The van der Waals surface area contributed by atoms with Crippen molar-refractivity contribution in [2.24, 2.45) is 0 Å². The molecular weight excluding hydrogens is 556 g/mol. The van der Waals surface area contributed by atoms with E-state index in [9.17, 15) is 19.2 Å². The van der Waals surface area contributed by atoms with Gasteiger partial charge in [0.05, 0.1) is 0 Å². The van der Waals surface area contributed by atoms with Gasteiger partial charge < -0.3 is 19.3 Å². The highest BCUT2D eigenvalue weighted by molar-refractivity contribution is 6.49. The Hall–Kier alpha value is -3.68. The number of nitrogens with zero attached hydrogens (tertiary/aromatic N) is 2. The molecule has 2 heterocycles. The molecule has 0 unspecified atom stereocenters. The van der Waals surface area contributed by atoms with Crippen molar-refractivity contribution in [1.82, 2.24) is 0 Å². The van der Waals surface area contributed by atoms with Crippen LogP contribution >= 0.6 is 0 Å². The minimum atomic E-state index is -0.555. The molecular formula is C36H48N2O6. The molecule has 2 fully saturated rings. The number of hydrogen-bond acceptors (Lipinski definition) is 8. The molecule has 8 nitrogen and oxygen atoms in total. The number of anilines is 2. The van der Waals surface area contributed by atoms with Crippen molar-refractivity contribution < 1.29 is 28.7 Å². The summed E-state index contributed by atoms with van der Waals surface area (Å²) in [7, 11) is 0. The Labute approximate surface area is 262 Å². The second-order valence-corrected chi connectivity index (χ2v) is 15.0. The Morgan fingerprint density at radius 2 is 1.11 bits per heavy atom.